The van der Waals surface area contributed by atoms with Gasteiger partial charge in [-0.1, -0.05) is 42.5 Å². The van der Waals surface area contributed by atoms with E-state index in [1.807, 2.05) is 42.5 Å². The summed E-state index contributed by atoms with van der Waals surface area (Å²) >= 11 is 0. The number of carbonyl (C=O) groups excluding carboxylic acids is 1. The molecule has 132 valence electrons. The summed E-state index contributed by atoms with van der Waals surface area (Å²) in [6.07, 6.45) is 0. The number of likely N-dealkylation sites (N-methyl/N-ethyl adjacent to an activating group) is 1. The molecule has 2 aromatic carbocycles. The summed E-state index contributed by atoms with van der Waals surface area (Å²) < 4.78 is 0. The van der Waals surface area contributed by atoms with Crippen LogP contribution in [0.1, 0.15) is 17.3 Å². The molecule has 3 rings (SSSR count). The Bertz CT molecular complexity index is 676. The largest absolute Gasteiger partial charge is 0.350 e. The molecule has 4 heteroatoms. The van der Waals surface area contributed by atoms with Crippen molar-refractivity contribution in [1.82, 2.24) is 15.1 Å². The number of carbonyl (C=O) groups is 1. The van der Waals surface area contributed by atoms with Crippen molar-refractivity contribution in [2.75, 3.05) is 39.8 Å². The third kappa shape index (κ3) is 4.68. The van der Waals surface area contributed by atoms with Crippen LogP contribution < -0.4 is 5.32 Å². The molecule has 1 atom stereocenters. The molecule has 0 aliphatic carbocycles. The molecule has 2 aromatic rings. The first kappa shape index (κ1) is 17.6. The zero-order chi connectivity index (χ0) is 17.6. The van der Waals surface area contributed by atoms with Crippen LogP contribution >= 0.6 is 0 Å². The van der Waals surface area contributed by atoms with Crippen molar-refractivity contribution < 1.29 is 4.79 Å². The van der Waals surface area contributed by atoms with Crippen LogP contribution in [-0.4, -0.2) is 61.5 Å². The SMILES string of the molecule is CC(CNC(=O)c1ccc(-c2ccccc2)cc1)N1CCN(C)CC1. The molecule has 4 nitrogen and oxygen atoms in total. The second-order valence-electron chi connectivity index (χ2n) is 6.84. The van der Waals surface area contributed by atoms with Crippen molar-refractivity contribution in [3.8, 4) is 11.1 Å². The van der Waals surface area contributed by atoms with Crippen molar-refractivity contribution in [1.29, 1.82) is 0 Å². The number of nitrogens with one attached hydrogen (secondary N) is 1. The molecule has 25 heavy (non-hydrogen) atoms. The maximum absolute atomic E-state index is 12.4. The predicted molar refractivity (Wildman–Crippen MR) is 103 cm³/mol. The van der Waals surface area contributed by atoms with Gasteiger partial charge in [-0.25, -0.2) is 0 Å². The Morgan fingerprint density at radius 1 is 0.960 bits per heavy atom. The lowest BCUT2D eigenvalue weighted by Gasteiger charge is -2.36. The fourth-order valence-corrected chi connectivity index (χ4v) is 3.18. The van der Waals surface area contributed by atoms with Crippen molar-refractivity contribution >= 4 is 5.91 Å². The molecule has 1 aliphatic heterocycles. The van der Waals surface area contributed by atoms with Gasteiger partial charge in [0.15, 0.2) is 0 Å². The van der Waals surface area contributed by atoms with Crippen molar-refractivity contribution in [3.63, 3.8) is 0 Å². The highest BCUT2D eigenvalue weighted by atomic mass is 16.1. The predicted octanol–water partition coefficient (Wildman–Crippen LogP) is 2.72. The van der Waals surface area contributed by atoms with Gasteiger partial charge in [-0.05, 0) is 37.2 Å². The van der Waals surface area contributed by atoms with Gasteiger partial charge in [0.1, 0.15) is 0 Å². The van der Waals surface area contributed by atoms with Crippen LogP contribution in [0, 0.1) is 0 Å². The van der Waals surface area contributed by atoms with E-state index in [0.29, 0.717) is 18.2 Å². The third-order valence-electron chi connectivity index (χ3n) is 4.97. The van der Waals surface area contributed by atoms with Crippen LogP contribution in [0.5, 0.6) is 0 Å². The van der Waals surface area contributed by atoms with Crippen LogP contribution in [0.3, 0.4) is 0 Å². The van der Waals surface area contributed by atoms with Gasteiger partial charge in [-0.2, -0.15) is 0 Å². The monoisotopic (exact) mass is 337 g/mol. The Morgan fingerprint density at radius 3 is 2.20 bits per heavy atom. The number of piperazine rings is 1. The van der Waals surface area contributed by atoms with E-state index < -0.39 is 0 Å². The standard InChI is InChI=1S/C21H27N3O/c1-17(24-14-12-23(2)13-15-24)16-22-21(25)20-10-8-19(9-11-20)18-6-4-3-5-7-18/h3-11,17H,12-16H2,1-2H3,(H,22,25). The summed E-state index contributed by atoms with van der Waals surface area (Å²) in [7, 11) is 2.16. The highest BCUT2D eigenvalue weighted by molar-refractivity contribution is 5.94. The maximum Gasteiger partial charge on any atom is 0.251 e. The first-order valence-corrected chi connectivity index (χ1v) is 9.00. The van der Waals surface area contributed by atoms with Crippen LogP contribution in [0.15, 0.2) is 54.6 Å². The van der Waals surface area contributed by atoms with E-state index in [0.717, 1.165) is 37.3 Å². The van der Waals surface area contributed by atoms with E-state index >= 15 is 0 Å². The number of hydrogen-bond acceptors (Lipinski definition) is 3. The minimum atomic E-state index is 0.000546. The average Bonchev–Trinajstić information content (AvgIpc) is 2.67. The Kier molecular flexibility index (Phi) is 5.84. The Morgan fingerprint density at radius 2 is 1.56 bits per heavy atom. The number of hydrogen-bond donors (Lipinski definition) is 1. The highest BCUT2D eigenvalue weighted by Gasteiger charge is 2.19. The third-order valence-corrected chi connectivity index (χ3v) is 4.97. The summed E-state index contributed by atoms with van der Waals surface area (Å²) in [6.45, 7) is 7.20. The van der Waals surface area contributed by atoms with Crippen LogP contribution in [0.2, 0.25) is 0 Å². The molecule has 0 bridgehead atoms. The minimum Gasteiger partial charge on any atom is -0.350 e. The fourth-order valence-electron chi connectivity index (χ4n) is 3.18. The first-order chi connectivity index (χ1) is 12.1. The summed E-state index contributed by atoms with van der Waals surface area (Å²) in [5.74, 6) is 0.000546. The second-order valence-corrected chi connectivity index (χ2v) is 6.84. The smallest absolute Gasteiger partial charge is 0.251 e. The normalized spacial score (nSPS) is 17.2. The molecule has 0 aromatic heterocycles. The first-order valence-electron chi connectivity index (χ1n) is 9.00. The van der Waals surface area contributed by atoms with E-state index in [2.05, 4.69) is 41.2 Å². The van der Waals surface area contributed by atoms with Gasteiger partial charge in [0.2, 0.25) is 0 Å². The highest BCUT2D eigenvalue weighted by Crippen LogP contribution is 2.19. The Hall–Kier alpha value is -2.17. The van der Waals surface area contributed by atoms with Gasteiger partial charge in [0.25, 0.3) is 5.91 Å². The number of amides is 1. The van der Waals surface area contributed by atoms with Crippen molar-refractivity contribution in [2.45, 2.75) is 13.0 Å². The topological polar surface area (TPSA) is 35.6 Å². The van der Waals surface area contributed by atoms with Gasteiger partial charge >= 0.3 is 0 Å². The molecule has 1 amide bonds. The summed E-state index contributed by atoms with van der Waals surface area (Å²) in [5.41, 5.74) is 3.01. The van der Waals surface area contributed by atoms with E-state index in [1.165, 1.54) is 0 Å². The summed E-state index contributed by atoms with van der Waals surface area (Å²) in [6, 6.07) is 18.4. The van der Waals surface area contributed by atoms with Gasteiger partial charge in [0.05, 0.1) is 0 Å². The quantitative estimate of drug-likeness (QED) is 0.911. The molecule has 0 spiro atoms. The van der Waals surface area contributed by atoms with E-state index in [-0.39, 0.29) is 5.91 Å². The fraction of sp³-hybridized carbons (Fsp3) is 0.381. The van der Waals surface area contributed by atoms with E-state index in [9.17, 15) is 4.79 Å². The second kappa shape index (κ2) is 8.28. The molecule has 1 unspecified atom stereocenters. The Labute approximate surface area is 150 Å². The van der Waals surface area contributed by atoms with Gasteiger partial charge in [-0.15, -0.1) is 0 Å². The maximum atomic E-state index is 12.4. The van der Waals surface area contributed by atoms with Crippen LogP contribution in [-0.2, 0) is 0 Å². The van der Waals surface area contributed by atoms with E-state index in [1.54, 1.807) is 0 Å². The van der Waals surface area contributed by atoms with Gasteiger partial charge in [-0.3, -0.25) is 9.69 Å². The molecule has 1 aliphatic rings. The number of rotatable bonds is 5. The number of benzene rings is 2. The van der Waals surface area contributed by atoms with Crippen LogP contribution in [0.4, 0.5) is 0 Å². The average molecular weight is 337 g/mol. The Balaban J connectivity index is 1.53. The van der Waals surface area contributed by atoms with Gasteiger partial charge in [0, 0.05) is 44.3 Å². The minimum absolute atomic E-state index is 0.000546. The molecular formula is C21H27N3O. The molecule has 1 N–H and O–H groups in total. The number of nitrogens with zero attached hydrogens (tertiary/aromatic N) is 2. The molecule has 1 saturated heterocycles. The molecule has 1 fully saturated rings. The zero-order valence-corrected chi connectivity index (χ0v) is 15.1. The van der Waals surface area contributed by atoms with Gasteiger partial charge < -0.3 is 10.2 Å². The molecule has 1 heterocycles. The van der Waals surface area contributed by atoms with Crippen molar-refractivity contribution in [2.24, 2.45) is 0 Å². The van der Waals surface area contributed by atoms with Crippen molar-refractivity contribution in [3.05, 3.63) is 60.2 Å². The lowest BCUT2D eigenvalue weighted by molar-refractivity contribution is 0.0903. The zero-order valence-electron chi connectivity index (χ0n) is 15.1. The summed E-state index contributed by atoms with van der Waals surface area (Å²) in [5, 5.41) is 3.07. The lowest BCUT2D eigenvalue weighted by Crippen LogP contribution is -2.51. The summed E-state index contributed by atoms with van der Waals surface area (Å²) in [4.78, 5) is 17.2. The molecule has 0 saturated carbocycles. The molecule has 0 radical (unpaired) electrons. The van der Waals surface area contributed by atoms with E-state index in [4.69, 9.17) is 0 Å². The van der Waals surface area contributed by atoms with Crippen LogP contribution in [0.25, 0.3) is 11.1 Å². The molecular weight excluding hydrogens is 310 g/mol. The lowest BCUT2D eigenvalue weighted by atomic mass is 10.0.